The molecule has 0 aromatic carbocycles. The van der Waals surface area contributed by atoms with Crippen molar-refractivity contribution in [3.8, 4) is 0 Å². The number of nitrogens with one attached hydrogen (secondary N) is 1. The lowest BCUT2D eigenvalue weighted by atomic mass is 9.99. The quantitative estimate of drug-likeness (QED) is 0.627. The largest absolute Gasteiger partial charge is 0.366 e. The summed E-state index contributed by atoms with van der Waals surface area (Å²) in [6.45, 7) is 4.00. The van der Waals surface area contributed by atoms with Gasteiger partial charge in [0, 0.05) is 45.8 Å². The number of ether oxygens (including phenoxy) is 1. The van der Waals surface area contributed by atoms with Gasteiger partial charge in [-0.15, -0.1) is 0 Å². The number of hydrogen-bond donors (Lipinski definition) is 2. The van der Waals surface area contributed by atoms with E-state index in [0.29, 0.717) is 19.2 Å². The third kappa shape index (κ3) is 3.00. The number of rotatable bonds is 2. The van der Waals surface area contributed by atoms with Crippen LogP contribution in [0.1, 0.15) is 6.42 Å². The van der Waals surface area contributed by atoms with Gasteiger partial charge in [0.15, 0.2) is 0 Å². The van der Waals surface area contributed by atoms with Crippen molar-refractivity contribution in [1.29, 1.82) is 0 Å². The van der Waals surface area contributed by atoms with E-state index in [4.69, 9.17) is 10.5 Å². The summed E-state index contributed by atoms with van der Waals surface area (Å²) in [6, 6.07) is 0.513. The smallest absolute Gasteiger partial charge is 0.252 e. The Morgan fingerprint density at radius 1 is 1.50 bits per heavy atom. The molecule has 0 aliphatic carbocycles. The normalized spacial score (nSPS) is 34.3. The summed E-state index contributed by atoms with van der Waals surface area (Å²) in [5, 5.41) is 3.30. The second kappa shape index (κ2) is 5.97. The van der Waals surface area contributed by atoms with Crippen LogP contribution in [0.2, 0.25) is 0 Å². The predicted molar refractivity (Wildman–Crippen MR) is 69.3 cm³/mol. The number of morpholine rings is 1. The summed E-state index contributed by atoms with van der Waals surface area (Å²) in [7, 11) is 3.53. The molecule has 0 aromatic rings. The van der Waals surface area contributed by atoms with Crippen molar-refractivity contribution < 1.29 is 9.53 Å². The minimum Gasteiger partial charge on any atom is -0.366 e. The Labute approximate surface area is 108 Å². The molecule has 2 aliphatic heterocycles. The number of hydrogen-bond acceptors (Lipinski definition) is 5. The summed E-state index contributed by atoms with van der Waals surface area (Å²) >= 11 is 0. The predicted octanol–water partition coefficient (Wildman–Crippen LogP) is -1.54. The molecule has 6 nitrogen and oxygen atoms in total. The van der Waals surface area contributed by atoms with Gasteiger partial charge in [-0.2, -0.15) is 0 Å². The van der Waals surface area contributed by atoms with E-state index in [0.717, 1.165) is 26.1 Å². The molecular formula is C12H24N4O2. The first-order valence-electron chi connectivity index (χ1n) is 6.62. The Morgan fingerprint density at radius 2 is 2.28 bits per heavy atom. The summed E-state index contributed by atoms with van der Waals surface area (Å²) in [5.41, 5.74) is 6.15. The summed E-state index contributed by atoms with van der Waals surface area (Å²) < 4.78 is 5.57. The highest BCUT2D eigenvalue weighted by molar-refractivity contribution is 5.80. The molecule has 0 aromatic heterocycles. The van der Waals surface area contributed by atoms with Gasteiger partial charge in [-0.05, 0) is 13.0 Å². The first-order chi connectivity index (χ1) is 8.59. The molecule has 104 valence electrons. The molecule has 2 rings (SSSR count). The van der Waals surface area contributed by atoms with Crippen molar-refractivity contribution in [2.75, 3.05) is 46.9 Å². The maximum atomic E-state index is 11.9. The monoisotopic (exact) mass is 256 g/mol. The van der Waals surface area contributed by atoms with Crippen molar-refractivity contribution in [3.05, 3.63) is 0 Å². The first kappa shape index (κ1) is 13.7. The van der Waals surface area contributed by atoms with Crippen molar-refractivity contribution in [2.24, 2.45) is 5.73 Å². The fraction of sp³-hybridized carbons (Fsp3) is 0.917. The number of likely N-dealkylation sites (N-methyl/N-ethyl adjacent to an activating group) is 1. The van der Waals surface area contributed by atoms with Crippen LogP contribution in [0.15, 0.2) is 0 Å². The van der Waals surface area contributed by atoms with E-state index < -0.39 is 0 Å². The van der Waals surface area contributed by atoms with Gasteiger partial charge in [0.1, 0.15) is 6.10 Å². The molecule has 2 aliphatic rings. The highest BCUT2D eigenvalue weighted by Crippen LogP contribution is 2.16. The van der Waals surface area contributed by atoms with E-state index in [2.05, 4.69) is 10.2 Å². The third-order valence-electron chi connectivity index (χ3n) is 3.77. The molecule has 2 heterocycles. The molecule has 0 bridgehead atoms. The van der Waals surface area contributed by atoms with Crippen LogP contribution in [-0.2, 0) is 9.53 Å². The molecule has 1 amide bonds. The lowest BCUT2D eigenvalue weighted by Gasteiger charge is -2.42. The lowest BCUT2D eigenvalue weighted by Crippen LogP contribution is -2.61. The Kier molecular flexibility index (Phi) is 4.55. The van der Waals surface area contributed by atoms with Crippen LogP contribution in [0, 0.1) is 0 Å². The van der Waals surface area contributed by atoms with Crippen LogP contribution >= 0.6 is 0 Å². The van der Waals surface area contributed by atoms with Gasteiger partial charge in [0.25, 0.3) is 5.91 Å². The van der Waals surface area contributed by atoms with E-state index in [1.54, 1.807) is 19.0 Å². The van der Waals surface area contributed by atoms with Crippen molar-refractivity contribution in [2.45, 2.75) is 24.6 Å². The second-order valence-electron chi connectivity index (χ2n) is 5.31. The van der Waals surface area contributed by atoms with E-state index in [1.165, 1.54) is 0 Å². The van der Waals surface area contributed by atoms with Crippen molar-refractivity contribution >= 4 is 5.91 Å². The zero-order valence-corrected chi connectivity index (χ0v) is 11.3. The van der Waals surface area contributed by atoms with Gasteiger partial charge >= 0.3 is 0 Å². The van der Waals surface area contributed by atoms with Crippen molar-refractivity contribution in [1.82, 2.24) is 15.1 Å². The van der Waals surface area contributed by atoms with Crippen LogP contribution in [0.3, 0.4) is 0 Å². The standard InChI is InChI=1S/C12H24N4O2/c1-15(2)12(17)11-8-16(5-6-18-11)10-3-4-14-7-9(10)13/h9-11,14H,3-8,13H2,1-2H3. The zero-order chi connectivity index (χ0) is 13.1. The molecule has 18 heavy (non-hydrogen) atoms. The molecule has 0 saturated carbocycles. The molecule has 3 N–H and O–H groups in total. The Bertz CT molecular complexity index is 298. The Hall–Kier alpha value is -0.690. The number of amides is 1. The molecule has 0 radical (unpaired) electrons. The maximum absolute atomic E-state index is 11.9. The van der Waals surface area contributed by atoms with E-state index in [1.807, 2.05) is 0 Å². The fourth-order valence-corrected chi connectivity index (χ4v) is 2.73. The molecular weight excluding hydrogens is 232 g/mol. The average molecular weight is 256 g/mol. The number of nitrogens with zero attached hydrogens (tertiary/aromatic N) is 2. The maximum Gasteiger partial charge on any atom is 0.252 e. The van der Waals surface area contributed by atoms with Crippen molar-refractivity contribution in [3.63, 3.8) is 0 Å². The van der Waals surface area contributed by atoms with Gasteiger partial charge in [0.2, 0.25) is 0 Å². The highest BCUT2D eigenvalue weighted by atomic mass is 16.5. The second-order valence-corrected chi connectivity index (χ2v) is 5.31. The van der Waals surface area contributed by atoms with E-state index in [-0.39, 0.29) is 18.1 Å². The number of carbonyl (C=O) groups is 1. The molecule has 0 spiro atoms. The molecule has 3 atom stereocenters. The first-order valence-corrected chi connectivity index (χ1v) is 6.62. The van der Waals surface area contributed by atoms with Crippen LogP contribution in [-0.4, -0.2) is 80.8 Å². The van der Waals surface area contributed by atoms with E-state index >= 15 is 0 Å². The topological polar surface area (TPSA) is 70.8 Å². The van der Waals surface area contributed by atoms with Gasteiger partial charge in [0.05, 0.1) is 6.61 Å². The minimum absolute atomic E-state index is 0.0437. The van der Waals surface area contributed by atoms with E-state index in [9.17, 15) is 4.79 Å². The molecule has 3 unspecified atom stereocenters. The molecule has 2 fully saturated rings. The van der Waals surface area contributed by atoms with Crippen LogP contribution in [0.5, 0.6) is 0 Å². The fourth-order valence-electron chi connectivity index (χ4n) is 2.73. The zero-order valence-electron chi connectivity index (χ0n) is 11.3. The average Bonchev–Trinajstić information content (AvgIpc) is 2.38. The summed E-state index contributed by atoms with van der Waals surface area (Å²) in [4.78, 5) is 15.9. The SMILES string of the molecule is CN(C)C(=O)C1CN(C2CCNCC2N)CCO1. The third-order valence-corrected chi connectivity index (χ3v) is 3.77. The molecule has 6 heteroatoms. The van der Waals surface area contributed by atoms with Gasteiger partial charge < -0.3 is 20.7 Å². The highest BCUT2D eigenvalue weighted by Gasteiger charge is 2.34. The van der Waals surface area contributed by atoms with Crippen LogP contribution < -0.4 is 11.1 Å². The number of piperidine rings is 1. The Balaban J connectivity index is 1.95. The molecule has 2 saturated heterocycles. The van der Waals surface area contributed by atoms with Gasteiger partial charge in [-0.25, -0.2) is 0 Å². The van der Waals surface area contributed by atoms with Gasteiger partial charge in [-0.3, -0.25) is 9.69 Å². The summed E-state index contributed by atoms with van der Waals surface area (Å²) in [6.07, 6.45) is 0.708. The lowest BCUT2D eigenvalue weighted by molar-refractivity contribution is -0.148. The minimum atomic E-state index is -0.337. The number of carbonyl (C=O) groups excluding carboxylic acids is 1. The van der Waals surface area contributed by atoms with Crippen LogP contribution in [0.25, 0.3) is 0 Å². The van der Waals surface area contributed by atoms with Gasteiger partial charge in [-0.1, -0.05) is 0 Å². The summed E-state index contributed by atoms with van der Waals surface area (Å²) in [5.74, 6) is 0.0437. The van der Waals surface area contributed by atoms with Crippen LogP contribution in [0.4, 0.5) is 0 Å². The number of nitrogens with two attached hydrogens (primary N) is 1. The Morgan fingerprint density at radius 3 is 2.94 bits per heavy atom.